The molecule has 112 valence electrons. The highest BCUT2D eigenvalue weighted by Gasteiger charge is 2.19. The van der Waals surface area contributed by atoms with Crippen molar-refractivity contribution in [3.63, 3.8) is 0 Å². The molecule has 0 saturated heterocycles. The lowest BCUT2D eigenvalue weighted by molar-refractivity contribution is -0.117. The van der Waals surface area contributed by atoms with E-state index < -0.39 is 15.7 Å². The minimum atomic E-state index is -3.54. The quantitative estimate of drug-likeness (QED) is 0.909. The van der Waals surface area contributed by atoms with E-state index in [1.807, 2.05) is 31.1 Å². The first-order valence-corrected chi connectivity index (χ1v) is 8.18. The van der Waals surface area contributed by atoms with Crippen LogP contribution in [-0.4, -0.2) is 34.2 Å². The first-order chi connectivity index (χ1) is 9.83. The first-order valence-electron chi connectivity index (χ1n) is 6.53. The maximum Gasteiger partial charge on any atom is 0.218 e. The van der Waals surface area contributed by atoms with Crippen molar-refractivity contribution in [1.82, 2.24) is 0 Å². The number of amides is 1. The van der Waals surface area contributed by atoms with Gasteiger partial charge in [0.05, 0.1) is 10.6 Å². The molecule has 2 aromatic rings. The molecule has 0 atom stereocenters. The van der Waals surface area contributed by atoms with Gasteiger partial charge in [-0.05, 0) is 12.1 Å². The zero-order valence-electron chi connectivity index (χ0n) is 12.0. The van der Waals surface area contributed by atoms with Gasteiger partial charge in [-0.15, -0.1) is 0 Å². The SMILES string of the molecule is CN(C)c1ccc(S(=O)(=O)CCC(N)=O)c2ccccc12. The summed E-state index contributed by atoms with van der Waals surface area (Å²) < 4.78 is 24.8. The second kappa shape index (κ2) is 5.73. The molecule has 21 heavy (non-hydrogen) atoms. The topological polar surface area (TPSA) is 80.5 Å². The van der Waals surface area contributed by atoms with Crippen molar-refractivity contribution in [2.24, 2.45) is 5.73 Å². The predicted molar refractivity (Wildman–Crippen MR) is 84.1 cm³/mol. The molecule has 0 aromatic heterocycles. The molecule has 0 saturated carbocycles. The van der Waals surface area contributed by atoms with Crippen molar-refractivity contribution in [2.45, 2.75) is 11.3 Å². The Morgan fingerprint density at radius 3 is 2.29 bits per heavy atom. The number of hydrogen-bond donors (Lipinski definition) is 1. The van der Waals surface area contributed by atoms with Gasteiger partial charge in [0.15, 0.2) is 9.84 Å². The lowest BCUT2D eigenvalue weighted by Crippen LogP contribution is -2.17. The Labute approximate surface area is 124 Å². The third kappa shape index (κ3) is 3.16. The Kier molecular flexibility index (Phi) is 4.18. The average molecular weight is 306 g/mol. The number of rotatable bonds is 5. The Balaban J connectivity index is 2.61. The Bertz CT molecular complexity index is 783. The minimum absolute atomic E-state index is 0.175. The van der Waals surface area contributed by atoms with Crippen LogP contribution in [0.25, 0.3) is 10.8 Å². The van der Waals surface area contributed by atoms with Crippen LogP contribution in [0.2, 0.25) is 0 Å². The molecule has 0 spiro atoms. The van der Waals surface area contributed by atoms with Gasteiger partial charge in [0.1, 0.15) is 0 Å². The van der Waals surface area contributed by atoms with Crippen molar-refractivity contribution in [3.05, 3.63) is 36.4 Å². The number of anilines is 1. The van der Waals surface area contributed by atoms with Crippen LogP contribution in [0.4, 0.5) is 5.69 Å². The lowest BCUT2D eigenvalue weighted by atomic mass is 10.1. The molecule has 6 heteroatoms. The highest BCUT2D eigenvalue weighted by molar-refractivity contribution is 7.91. The van der Waals surface area contributed by atoms with Crippen molar-refractivity contribution >= 4 is 32.2 Å². The second-order valence-electron chi connectivity index (χ2n) is 5.06. The summed E-state index contributed by atoms with van der Waals surface area (Å²) >= 11 is 0. The van der Waals surface area contributed by atoms with E-state index in [9.17, 15) is 13.2 Å². The van der Waals surface area contributed by atoms with E-state index in [4.69, 9.17) is 5.73 Å². The molecule has 2 N–H and O–H groups in total. The molecule has 1 amide bonds. The van der Waals surface area contributed by atoms with Crippen molar-refractivity contribution in [2.75, 3.05) is 24.7 Å². The number of carbonyl (C=O) groups is 1. The van der Waals surface area contributed by atoms with E-state index in [2.05, 4.69) is 0 Å². The molecule has 0 aliphatic heterocycles. The fourth-order valence-electron chi connectivity index (χ4n) is 2.26. The van der Waals surface area contributed by atoms with E-state index >= 15 is 0 Å². The van der Waals surface area contributed by atoms with E-state index in [1.165, 1.54) is 0 Å². The molecule has 0 aliphatic carbocycles. The van der Waals surface area contributed by atoms with Gasteiger partial charge in [-0.1, -0.05) is 24.3 Å². The summed E-state index contributed by atoms with van der Waals surface area (Å²) in [7, 11) is 0.268. The van der Waals surface area contributed by atoms with Crippen molar-refractivity contribution in [1.29, 1.82) is 0 Å². The van der Waals surface area contributed by atoms with E-state index in [1.54, 1.807) is 24.3 Å². The summed E-state index contributed by atoms with van der Waals surface area (Å²) in [6.45, 7) is 0. The Morgan fingerprint density at radius 1 is 1.10 bits per heavy atom. The van der Waals surface area contributed by atoms with Gasteiger partial charge >= 0.3 is 0 Å². The Morgan fingerprint density at radius 2 is 1.71 bits per heavy atom. The fourth-order valence-corrected chi connectivity index (χ4v) is 3.74. The number of fused-ring (bicyclic) bond motifs is 1. The van der Waals surface area contributed by atoms with E-state index in [0.717, 1.165) is 11.1 Å². The average Bonchev–Trinajstić information content (AvgIpc) is 2.43. The number of nitrogens with two attached hydrogens (primary N) is 1. The standard InChI is InChI=1S/C15H18N2O3S/c1-17(2)13-7-8-14(12-6-4-3-5-11(12)13)21(19,20)10-9-15(16)18/h3-8H,9-10H2,1-2H3,(H2,16,18). The molecule has 0 radical (unpaired) electrons. The number of benzene rings is 2. The minimum Gasteiger partial charge on any atom is -0.377 e. The zero-order valence-corrected chi connectivity index (χ0v) is 12.9. The smallest absolute Gasteiger partial charge is 0.218 e. The van der Waals surface area contributed by atoms with Gasteiger partial charge in [0.2, 0.25) is 5.91 Å². The fraction of sp³-hybridized carbons (Fsp3) is 0.267. The molecule has 0 heterocycles. The molecule has 0 aliphatic rings. The van der Waals surface area contributed by atoms with Crippen LogP contribution in [-0.2, 0) is 14.6 Å². The molecule has 0 unspecified atom stereocenters. The highest BCUT2D eigenvalue weighted by Crippen LogP contribution is 2.31. The van der Waals surface area contributed by atoms with Crippen LogP contribution in [0, 0.1) is 0 Å². The van der Waals surface area contributed by atoms with Crippen LogP contribution in [0.3, 0.4) is 0 Å². The lowest BCUT2D eigenvalue weighted by Gasteiger charge is -2.17. The summed E-state index contributed by atoms with van der Waals surface area (Å²) in [4.78, 5) is 13.0. The zero-order chi connectivity index (χ0) is 15.6. The highest BCUT2D eigenvalue weighted by atomic mass is 32.2. The normalized spacial score (nSPS) is 11.5. The summed E-state index contributed by atoms with van der Waals surface area (Å²) in [6, 6.07) is 10.7. The molecular weight excluding hydrogens is 288 g/mol. The summed E-state index contributed by atoms with van der Waals surface area (Å²) in [5.41, 5.74) is 5.99. The molecule has 2 rings (SSSR count). The van der Waals surface area contributed by atoms with Crippen LogP contribution < -0.4 is 10.6 Å². The third-order valence-corrected chi connectivity index (χ3v) is 5.06. The van der Waals surface area contributed by atoms with Gasteiger partial charge in [0, 0.05) is 37.0 Å². The van der Waals surface area contributed by atoms with Crippen LogP contribution in [0.5, 0.6) is 0 Å². The monoisotopic (exact) mass is 306 g/mol. The molecular formula is C15H18N2O3S. The Hall–Kier alpha value is -2.08. The van der Waals surface area contributed by atoms with Crippen LogP contribution in [0.1, 0.15) is 6.42 Å². The maximum atomic E-state index is 12.4. The largest absolute Gasteiger partial charge is 0.377 e. The van der Waals surface area contributed by atoms with E-state index in [0.29, 0.717) is 5.39 Å². The summed E-state index contributed by atoms with van der Waals surface area (Å²) in [6.07, 6.45) is -0.175. The van der Waals surface area contributed by atoms with E-state index in [-0.39, 0.29) is 17.1 Å². The molecule has 2 aromatic carbocycles. The van der Waals surface area contributed by atoms with Crippen molar-refractivity contribution in [3.8, 4) is 0 Å². The number of nitrogens with zero attached hydrogens (tertiary/aromatic N) is 1. The second-order valence-corrected chi connectivity index (χ2v) is 7.14. The van der Waals surface area contributed by atoms with Gasteiger partial charge < -0.3 is 10.6 Å². The van der Waals surface area contributed by atoms with Crippen LogP contribution >= 0.6 is 0 Å². The third-order valence-electron chi connectivity index (χ3n) is 3.30. The molecule has 0 bridgehead atoms. The summed E-state index contributed by atoms with van der Waals surface area (Å²) in [5, 5.41) is 1.52. The number of sulfone groups is 1. The number of carbonyl (C=O) groups excluding carboxylic acids is 1. The van der Waals surface area contributed by atoms with Gasteiger partial charge in [-0.3, -0.25) is 4.79 Å². The van der Waals surface area contributed by atoms with Crippen LogP contribution in [0.15, 0.2) is 41.3 Å². The number of hydrogen-bond acceptors (Lipinski definition) is 4. The van der Waals surface area contributed by atoms with Gasteiger partial charge in [-0.2, -0.15) is 0 Å². The number of primary amides is 1. The molecule has 5 nitrogen and oxygen atoms in total. The maximum absolute atomic E-state index is 12.4. The first kappa shape index (κ1) is 15.3. The van der Waals surface area contributed by atoms with Crippen molar-refractivity contribution < 1.29 is 13.2 Å². The summed E-state index contributed by atoms with van der Waals surface area (Å²) in [5.74, 6) is -0.888. The predicted octanol–water partition coefficient (Wildman–Crippen LogP) is 1.55. The molecule has 0 fully saturated rings. The van der Waals surface area contributed by atoms with Gasteiger partial charge in [0.25, 0.3) is 0 Å². The van der Waals surface area contributed by atoms with Gasteiger partial charge in [-0.25, -0.2) is 8.42 Å².